The van der Waals surface area contributed by atoms with Gasteiger partial charge in [0, 0.05) is 33.9 Å². The lowest BCUT2D eigenvalue weighted by atomic mass is 9.85. The maximum atomic E-state index is 11.0. The first kappa shape index (κ1) is 30.2. The Hall–Kier alpha value is -6.20. The molecule has 0 unspecified atom stereocenters. The summed E-state index contributed by atoms with van der Waals surface area (Å²) in [4.78, 5) is 12.5. The molecule has 8 rings (SSSR count). The van der Waals surface area contributed by atoms with E-state index in [1.807, 2.05) is 48.7 Å². The van der Waals surface area contributed by atoms with E-state index in [-0.39, 0.29) is 11.2 Å². The highest BCUT2D eigenvalue weighted by Crippen LogP contribution is 2.41. The first-order chi connectivity index (χ1) is 23.8. The van der Waals surface area contributed by atoms with Crippen LogP contribution in [0.15, 0.2) is 158 Å². The quantitative estimate of drug-likeness (QED) is 0.197. The van der Waals surface area contributed by atoms with Crippen LogP contribution in [0.4, 0.5) is 17.2 Å². The molecule has 0 radical (unpaired) electrons. The minimum atomic E-state index is -0.138. The van der Waals surface area contributed by atoms with E-state index >= 15 is 0 Å². The summed E-state index contributed by atoms with van der Waals surface area (Å²) in [5.41, 5.74) is 9.62. The number of nitrogens with zero attached hydrogens (tertiary/aromatic N) is 4. The van der Waals surface area contributed by atoms with Crippen molar-refractivity contribution in [3.8, 4) is 33.8 Å². The number of pyridine rings is 2. The van der Waals surface area contributed by atoms with Crippen molar-refractivity contribution in [1.29, 1.82) is 0 Å². The predicted octanol–water partition coefficient (Wildman–Crippen LogP) is 11.4. The number of anilines is 3. The van der Waals surface area contributed by atoms with Crippen molar-refractivity contribution >= 4 is 39.1 Å². The van der Waals surface area contributed by atoms with E-state index < -0.39 is 0 Å². The average Bonchev–Trinajstić information content (AvgIpc) is 3.46. The van der Waals surface area contributed by atoms with Crippen LogP contribution < -0.4 is 4.90 Å². The van der Waals surface area contributed by atoms with Gasteiger partial charge in [0.15, 0.2) is 0 Å². The zero-order chi connectivity index (χ0) is 33.5. The van der Waals surface area contributed by atoms with Crippen molar-refractivity contribution in [2.45, 2.75) is 26.2 Å². The molecule has 0 atom stereocenters. The van der Waals surface area contributed by atoms with Gasteiger partial charge in [0.25, 0.3) is 0 Å². The van der Waals surface area contributed by atoms with Gasteiger partial charge >= 0.3 is 0 Å². The first-order valence-electron chi connectivity index (χ1n) is 16.6. The van der Waals surface area contributed by atoms with Gasteiger partial charge in [0.2, 0.25) is 0 Å². The summed E-state index contributed by atoms with van der Waals surface area (Å²) in [5.74, 6) is 1.03. The SMILES string of the molecule is CC(C)(C)c1cc(-c2ccc3c4ccccc4n(-c4ccccc4O)c3n2)cc(N(c2ccccc2)c2cc(-c3ccccc3)ccn2)c1. The van der Waals surface area contributed by atoms with Crippen molar-refractivity contribution in [1.82, 2.24) is 14.5 Å². The van der Waals surface area contributed by atoms with Gasteiger partial charge in [-0.1, -0.05) is 99.6 Å². The van der Waals surface area contributed by atoms with Crippen LogP contribution in [0.25, 0.3) is 50.0 Å². The van der Waals surface area contributed by atoms with E-state index in [9.17, 15) is 5.11 Å². The molecule has 3 aromatic heterocycles. The number of hydrogen-bond donors (Lipinski definition) is 1. The van der Waals surface area contributed by atoms with E-state index in [0.29, 0.717) is 5.69 Å². The fourth-order valence-corrected chi connectivity index (χ4v) is 6.56. The third kappa shape index (κ3) is 5.59. The Morgan fingerprint density at radius 2 is 1.31 bits per heavy atom. The summed E-state index contributed by atoms with van der Waals surface area (Å²) in [6.45, 7) is 6.72. The molecule has 0 bridgehead atoms. The highest BCUT2D eigenvalue weighted by Gasteiger charge is 2.22. The Kier molecular flexibility index (Phi) is 7.45. The molecule has 0 aliphatic rings. The summed E-state index contributed by atoms with van der Waals surface area (Å²) in [6.07, 6.45) is 1.88. The third-order valence-corrected chi connectivity index (χ3v) is 9.08. The van der Waals surface area contributed by atoms with E-state index in [0.717, 1.165) is 61.5 Å². The van der Waals surface area contributed by atoms with Gasteiger partial charge in [0.1, 0.15) is 17.2 Å². The van der Waals surface area contributed by atoms with E-state index in [4.69, 9.17) is 9.97 Å². The average molecular weight is 637 g/mol. The minimum Gasteiger partial charge on any atom is -0.506 e. The van der Waals surface area contributed by atoms with Crippen molar-refractivity contribution in [3.63, 3.8) is 0 Å². The zero-order valence-corrected chi connectivity index (χ0v) is 27.7. The monoisotopic (exact) mass is 636 g/mol. The highest BCUT2D eigenvalue weighted by atomic mass is 16.3. The second-order valence-corrected chi connectivity index (χ2v) is 13.4. The molecule has 0 fully saturated rings. The van der Waals surface area contributed by atoms with Gasteiger partial charge in [-0.05, 0) is 94.9 Å². The Bertz CT molecular complexity index is 2440. The Morgan fingerprint density at radius 1 is 0.592 bits per heavy atom. The molecular formula is C44H36N4O. The zero-order valence-electron chi connectivity index (χ0n) is 27.7. The van der Waals surface area contributed by atoms with Crippen LogP contribution in [0.2, 0.25) is 0 Å². The van der Waals surface area contributed by atoms with E-state index in [1.165, 1.54) is 5.56 Å². The molecule has 3 heterocycles. The number of benzene rings is 5. The van der Waals surface area contributed by atoms with Gasteiger partial charge in [-0.15, -0.1) is 0 Å². The number of para-hydroxylation sites is 4. The maximum Gasteiger partial charge on any atom is 0.146 e. The fraction of sp³-hybridized carbons (Fsp3) is 0.0909. The molecule has 5 nitrogen and oxygen atoms in total. The molecule has 0 spiro atoms. The van der Waals surface area contributed by atoms with Gasteiger partial charge in [0.05, 0.1) is 16.9 Å². The third-order valence-electron chi connectivity index (χ3n) is 9.08. The summed E-state index contributed by atoms with van der Waals surface area (Å²) in [6, 6.07) is 51.7. The molecule has 0 aliphatic carbocycles. The molecule has 0 amide bonds. The largest absolute Gasteiger partial charge is 0.506 e. The molecule has 5 heteroatoms. The van der Waals surface area contributed by atoms with Crippen LogP contribution in [0.5, 0.6) is 5.75 Å². The Labute approximate surface area is 286 Å². The number of phenolic OH excluding ortho intramolecular Hbond substituents is 1. The van der Waals surface area contributed by atoms with Gasteiger partial charge in [-0.2, -0.15) is 0 Å². The highest BCUT2D eigenvalue weighted by molar-refractivity contribution is 6.08. The van der Waals surface area contributed by atoms with Gasteiger partial charge < -0.3 is 5.11 Å². The standard InChI is InChI=1S/C44H36N4O/c1-44(2,3)33-26-32(38-23-22-37-36-18-10-11-19-39(36)48(43(37)46-38)40-20-12-13-21-41(40)49)27-35(29-33)47(34-16-8-5-9-17-34)42-28-31(24-25-45-42)30-14-6-4-7-15-30/h4-29,49H,1-3H3. The number of hydrogen-bond acceptors (Lipinski definition) is 4. The Balaban J connectivity index is 1.35. The molecule has 0 saturated carbocycles. The number of phenols is 1. The van der Waals surface area contributed by atoms with Crippen LogP contribution in [-0.2, 0) is 5.41 Å². The van der Waals surface area contributed by atoms with Crippen LogP contribution >= 0.6 is 0 Å². The molecule has 1 N–H and O–H groups in total. The molecular weight excluding hydrogens is 601 g/mol. The van der Waals surface area contributed by atoms with Crippen LogP contribution in [0, 0.1) is 0 Å². The minimum absolute atomic E-state index is 0.138. The molecule has 0 saturated heterocycles. The summed E-state index contributed by atoms with van der Waals surface area (Å²) < 4.78 is 2.06. The van der Waals surface area contributed by atoms with Gasteiger partial charge in [-0.25, -0.2) is 9.97 Å². The van der Waals surface area contributed by atoms with Crippen LogP contribution in [0.1, 0.15) is 26.3 Å². The van der Waals surface area contributed by atoms with Crippen LogP contribution in [-0.4, -0.2) is 19.6 Å². The second kappa shape index (κ2) is 12.1. The second-order valence-electron chi connectivity index (χ2n) is 13.4. The van der Waals surface area contributed by atoms with Crippen molar-refractivity contribution < 1.29 is 5.11 Å². The normalized spacial score (nSPS) is 11.7. The van der Waals surface area contributed by atoms with E-state index in [1.54, 1.807) is 6.07 Å². The molecule has 0 aliphatic heterocycles. The summed E-state index contributed by atoms with van der Waals surface area (Å²) >= 11 is 0. The lowest BCUT2D eigenvalue weighted by molar-refractivity contribution is 0.473. The fourth-order valence-electron chi connectivity index (χ4n) is 6.56. The number of aromatic nitrogens is 3. The van der Waals surface area contributed by atoms with Crippen molar-refractivity contribution in [2.75, 3.05) is 4.90 Å². The smallest absolute Gasteiger partial charge is 0.146 e. The first-order valence-corrected chi connectivity index (χ1v) is 16.6. The van der Waals surface area contributed by atoms with Crippen LogP contribution in [0.3, 0.4) is 0 Å². The molecule has 8 aromatic rings. The lowest BCUT2D eigenvalue weighted by Gasteiger charge is -2.28. The Morgan fingerprint density at radius 3 is 2.08 bits per heavy atom. The maximum absolute atomic E-state index is 11.0. The number of fused-ring (bicyclic) bond motifs is 3. The molecule has 238 valence electrons. The topological polar surface area (TPSA) is 54.2 Å². The number of rotatable bonds is 6. The van der Waals surface area contributed by atoms with Gasteiger partial charge in [-0.3, -0.25) is 9.47 Å². The lowest BCUT2D eigenvalue weighted by Crippen LogP contribution is -2.15. The van der Waals surface area contributed by atoms with E-state index in [2.05, 4.69) is 133 Å². The summed E-state index contributed by atoms with van der Waals surface area (Å²) in [7, 11) is 0. The predicted molar refractivity (Wildman–Crippen MR) is 202 cm³/mol. The molecule has 49 heavy (non-hydrogen) atoms. The molecule has 5 aromatic carbocycles. The number of aromatic hydroxyl groups is 1. The van der Waals surface area contributed by atoms with Crippen molar-refractivity contribution in [2.24, 2.45) is 0 Å². The van der Waals surface area contributed by atoms with Crippen molar-refractivity contribution in [3.05, 3.63) is 163 Å². The summed E-state index contributed by atoms with van der Waals surface area (Å²) in [5, 5.41) is 13.1.